The Kier molecular flexibility index (Phi) is 5.22. The van der Waals surface area contributed by atoms with Gasteiger partial charge in [-0.2, -0.15) is 0 Å². The lowest BCUT2D eigenvalue weighted by Gasteiger charge is -2.03. The summed E-state index contributed by atoms with van der Waals surface area (Å²) in [5.74, 6) is -0.256. The fraction of sp³-hybridized carbons (Fsp3) is 0.0588. The van der Waals surface area contributed by atoms with Crippen LogP contribution in [0, 0.1) is 5.82 Å². The Morgan fingerprint density at radius 2 is 1.88 bits per heavy atom. The van der Waals surface area contributed by atoms with Gasteiger partial charge in [0.2, 0.25) is 0 Å². The van der Waals surface area contributed by atoms with Gasteiger partial charge in [-0.3, -0.25) is 0 Å². The van der Waals surface area contributed by atoms with Gasteiger partial charge in [-0.15, -0.1) is 0 Å². The van der Waals surface area contributed by atoms with E-state index in [0.29, 0.717) is 17.4 Å². The van der Waals surface area contributed by atoms with Crippen LogP contribution in [-0.2, 0) is 6.54 Å². The number of benzene rings is 2. The molecule has 3 aromatic rings. The van der Waals surface area contributed by atoms with Gasteiger partial charge in [-0.1, -0.05) is 56.7 Å². The summed E-state index contributed by atoms with van der Waals surface area (Å²) in [5, 5.41) is 16.6. The van der Waals surface area contributed by atoms with Crippen molar-refractivity contribution < 1.29 is 9.60 Å². The van der Waals surface area contributed by atoms with Crippen LogP contribution in [0.1, 0.15) is 16.0 Å². The Bertz CT molecular complexity index is 847. The molecule has 0 aliphatic rings. The van der Waals surface area contributed by atoms with Gasteiger partial charge in [0.1, 0.15) is 11.5 Å². The van der Waals surface area contributed by atoms with Crippen molar-refractivity contribution in [2.45, 2.75) is 6.54 Å². The maximum absolute atomic E-state index is 12.9. The first kappa shape index (κ1) is 16.6. The number of hydrogen-bond acceptors (Lipinski definition) is 5. The van der Waals surface area contributed by atoms with Crippen LogP contribution >= 0.6 is 27.3 Å². The van der Waals surface area contributed by atoms with Crippen LogP contribution in [0.2, 0.25) is 0 Å². The molecule has 0 unspecified atom stereocenters. The summed E-state index contributed by atoms with van der Waals surface area (Å²) in [5.41, 5.74) is 2.22. The lowest BCUT2D eigenvalue weighted by atomic mass is 10.1. The van der Waals surface area contributed by atoms with Crippen LogP contribution in [0.3, 0.4) is 0 Å². The third-order valence-corrected chi connectivity index (χ3v) is 4.80. The average Bonchev–Trinajstić information content (AvgIpc) is 3.05. The molecule has 7 heteroatoms. The van der Waals surface area contributed by atoms with Crippen molar-refractivity contribution in [3.63, 3.8) is 0 Å². The molecule has 0 aliphatic heterocycles. The molecule has 0 aliphatic carbocycles. The van der Waals surface area contributed by atoms with Crippen LogP contribution in [0.4, 0.5) is 9.52 Å². The van der Waals surface area contributed by atoms with E-state index in [-0.39, 0.29) is 5.82 Å². The Labute approximate surface area is 150 Å². The largest absolute Gasteiger partial charge is 0.410 e. The first-order chi connectivity index (χ1) is 11.7. The molecular weight excluding hydrogens is 393 g/mol. The second kappa shape index (κ2) is 7.55. The number of anilines is 1. The minimum absolute atomic E-state index is 0.256. The van der Waals surface area contributed by atoms with Gasteiger partial charge >= 0.3 is 0 Å². The quantitative estimate of drug-likeness (QED) is 0.361. The van der Waals surface area contributed by atoms with Crippen LogP contribution in [0.25, 0.3) is 0 Å². The predicted octanol–water partition coefficient (Wildman–Crippen LogP) is 4.88. The van der Waals surface area contributed by atoms with Crippen molar-refractivity contribution in [1.29, 1.82) is 0 Å². The van der Waals surface area contributed by atoms with E-state index in [1.807, 2.05) is 24.3 Å². The Morgan fingerprint density at radius 1 is 1.17 bits per heavy atom. The highest BCUT2D eigenvalue weighted by atomic mass is 79.9. The number of nitrogens with zero attached hydrogens (tertiary/aromatic N) is 2. The van der Waals surface area contributed by atoms with Crippen LogP contribution in [-0.4, -0.2) is 15.9 Å². The van der Waals surface area contributed by atoms with Crippen molar-refractivity contribution in [3.8, 4) is 0 Å². The van der Waals surface area contributed by atoms with E-state index in [0.717, 1.165) is 20.5 Å². The number of oxime groups is 1. The summed E-state index contributed by atoms with van der Waals surface area (Å²) >= 11 is 4.77. The van der Waals surface area contributed by atoms with Crippen molar-refractivity contribution in [2.24, 2.45) is 5.16 Å². The van der Waals surface area contributed by atoms with Crippen LogP contribution in [0.15, 0.2) is 64.4 Å². The Balaban J connectivity index is 1.72. The van der Waals surface area contributed by atoms with E-state index in [9.17, 15) is 9.60 Å². The molecule has 0 radical (unpaired) electrons. The zero-order valence-corrected chi connectivity index (χ0v) is 14.8. The summed E-state index contributed by atoms with van der Waals surface area (Å²) < 4.78 is 13.8. The molecule has 24 heavy (non-hydrogen) atoms. The minimum Gasteiger partial charge on any atom is -0.410 e. The molecule has 0 spiro atoms. The predicted molar refractivity (Wildman–Crippen MR) is 97.4 cm³/mol. The van der Waals surface area contributed by atoms with Crippen molar-refractivity contribution in [2.75, 3.05) is 5.32 Å². The number of aromatic nitrogens is 1. The summed E-state index contributed by atoms with van der Waals surface area (Å²) in [7, 11) is 0. The fourth-order valence-corrected chi connectivity index (χ4v) is 3.19. The maximum Gasteiger partial charge on any atom is 0.183 e. The van der Waals surface area contributed by atoms with E-state index in [1.54, 1.807) is 18.3 Å². The van der Waals surface area contributed by atoms with Gasteiger partial charge in [0.25, 0.3) is 0 Å². The number of halogens is 2. The highest BCUT2D eigenvalue weighted by molar-refractivity contribution is 9.10. The average molecular weight is 406 g/mol. The number of thiazole rings is 1. The minimum atomic E-state index is -0.256. The topological polar surface area (TPSA) is 57.5 Å². The van der Waals surface area contributed by atoms with E-state index >= 15 is 0 Å². The summed E-state index contributed by atoms with van der Waals surface area (Å²) in [6.45, 7) is 0.539. The van der Waals surface area contributed by atoms with Gasteiger partial charge in [-0.05, 0) is 29.8 Å². The molecule has 2 N–H and O–H groups in total. The molecule has 1 heterocycles. The van der Waals surface area contributed by atoms with E-state index in [1.165, 1.54) is 23.5 Å². The lowest BCUT2D eigenvalue weighted by molar-refractivity contribution is 0.320. The third kappa shape index (κ3) is 3.98. The second-order valence-corrected chi connectivity index (χ2v) is 6.91. The SMILES string of the molecule is O/N=C(\c1ccc(Br)cc1)c1cnc(NCc2ccc(F)cc2)s1. The van der Waals surface area contributed by atoms with Crippen molar-refractivity contribution in [3.05, 3.63) is 81.0 Å². The van der Waals surface area contributed by atoms with Crippen LogP contribution < -0.4 is 5.32 Å². The molecule has 0 amide bonds. The van der Waals surface area contributed by atoms with Gasteiger partial charge in [0.15, 0.2) is 5.13 Å². The van der Waals surface area contributed by atoms with E-state index in [4.69, 9.17) is 0 Å². The normalized spacial score (nSPS) is 11.5. The zero-order valence-electron chi connectivity index (χ0n) is 12.4. The fourth-order valence-electron chi connectivity index (χ4n) is 2.10. The molecule has 0 fully saturated rings. The molecule has 0 saturated heterocycles. The van der Waals surface area contributed by atoms with Crippen molar-refractivity contribution in [1.82, 2.24) is 4.98 Å². The van der Waals surface area contributed by atoms with Gasteiger partial charge < -0.3 is 10.5 Å². The molecule has 122 valence electrons. The maximum atomic E-state index is 12.9. The smallest absolute Gasteiger partial charge is 0.183 e. The monoisotopic (exact) mass is 405 g/mol. The van der Waals surface area contributed by atoms with E-state index < -0.39 is 0 Å². The summed E-state index contributed by atoms with van der Waals surface area (Å²) in [6, 6.07) is 13.8. The third-order valence-electron chi connectivity index (χ3n) is 3.31. The first-order valence-corrected chi connectivity index (χ1v) is 8.69. The van der Waals surface area contributed by atoms with Gasteiger partial charge in [-0.25, -0.2) is 9.37 Å². The highest BCUT2D eigenvalue weighted by Gasteiger charge is 2.12. The van der Waals surface area contributed by atoms with Crippen LogP contribution in [0.5, 0.6) is 0 Å². The Hall–Kier alpha value is -2.25. The highest BCUT2D eigenvalue weighted by Crippen LogP contribution is 2.23. The molecule has 0 atom stereocenters. The number of rotatable bonds is 5. The molecule has 0 bridgehead atoms. The number of nitrogens with one attached hydrogen (secondary N) is 1. The molecule has 0 saturated carbocycles. The molecule has 2 aromatic carbocycles. The summed E-state index contributed by atoms with van der Waals surface area (Å²) in [4.78, 5) is 5.04. The molecule has 1 aromatic heterocycles. The zero-order chi connectivity index (χ0) is 16.9. The second-order valence-electron chi connectivity index (χ2n) is 4.97. The molecular formula is C17H13BrFN3OS. The van der Waals surface area contributed by atoms with Gasteiger partial charge in [0, 0.05) is 22.8 Å². The standard InChI is InChI=1S/C17H13BrFN3OS/c18-13-5-3-12(4-6-13)16(22-23)15-10-21-17(24-15)20-9-11-1-7-14(19)8-2-11/h1-8,10,23H,9H2,(H,20,21)/b22-16+. The van der Waals surface area contributed by atoms with Crippen molar-refractivity contribution >= 4 is 38.1 Å². The number of hydrogen-bond donors (Lipinski definition) is 2. The lowest BCUT2D eigenvalue weighted by Crippen LogP contribution is -2.00. The summed E-state index contributed by atoms with van der Waals surface area (Å²) in [6.07, 6.45) is 1.66. The molecule has 3 rings (SSSR count). The Morgan fingerprint density at radius 3 is 2.54 bits per heavy atom. The molecule has 4 nitrogen and oxygen atoms in total. The first-order valence-electron chi connectivity index (χ1n) is 7.08. The van der Waals surface area contributed by atoms with Gasteiger partial charge in [0.05, 0.1) is 4.88 Å². The van der Waals surface area contributed by atoms with E-state index in [2.05, 4.69) is 31.4 Å².